The van der Waals surface area contributed by atoms with Gasteiger partial charge in [-0.25, -0.2) is 4.68 Å². The second-order valence-corrected chi connectivity index (χ2v) is 6.49. The van der Waals surface area contributed by atoms with E-state index in [4.69, 9.17) is 0 Å². The first-order valence-electron chi connectivity index (χ1n) is 7.29. The Labute approximate surface area is 156 Å². The van der Waals surface area contributed by atoms with E-state index in [1.165, 1.54) is 7.05 Å². The normalized spacial score (nSPS) is 10.5. The Bertz CT molecular complexity index is 1050. The van der Waals surface area contributed by atoms with E-state index < -0.39 is 11.8 Å². The number of rotatable bonds is 2. The first-order chi connectivity index (χ1) is 12.0. The van der Waals surface area contributed by atoms with Gasteiger partial charge in [-0.05, 0) is 46.9 Å². The second kappa shape index (κ2) is 7.01. The maximum atomic E-state index is 12.4. The smallest absolute Gasteiger partial charge is 0.267 e. The summed E-state index contributed by atoms with van der Waals surface area (Å²) in [5, 5.41) is 4.81. The zero-order valence-corrected chi connectivity index (χ0v) is 15.3. The van der Waals surface area contributed by atoms with Gasteiger partial charge in [0.2, 0.25) is 0 Å². The fourth-order valence-corrected chi connectivity index (χ4v) is 2.89. The number of hydrogen-bond acceptors (Lipinski definition) is 4. The molecule has 2 aromatic carbocycles. The summed E-state index contributed by atoms with van der Waals surface area (Å²) in [6, 6.07) is 13.6. The lowest BCUT2D eigenvalue weighted by Crippen LogP contribution is -2.42. The summed E-state index contributed by atoms with van der Waals surface area (Å²) < 4.78 is 2.00. The highest BCUT2D eigenvalue weighted by Gasteiger charge is 2.16. The van der Waals surface area contributed by atoms with Crippen molar-refractivity contribution in [3.8, 4) is 0 Å². The minimum absolute atomic E-state index is 0.0562. The van der Waals surface area contributed by atoms with Gasteiger partial charge in [0.25, 0.3) is 17.4 Å². The van der Waals surface area contributed by atoms with Crippen LogP contribution in [0.4, 0.5) is 0 Å². The maximum absolute atomic E-state index is 12.4. The Morgan fingerprint density at radius 3 is 2.40 bits per heavy atom. The third-order valence-corrected chi connectivity index (χ3v) is 4.22. The van der Waals surface area contributed by atoms with Crippen molar-refractivity contribution >= 4 is 45.2 Å². The van der Waals surface area contributed by atoms with Crippen molar-refractivity contribution in [2.24, 2.45) is 7.05 Å². The Kier molecular flexibility index (Phi) is 4.79. The monoisotopic (exact) mass is 448 g/mol. The summed E-state index contributed by atoms with van der Waals surface area (Å²) in [6.45, 7) is 0. The predicted octanol–water partition coefficient (Wildman–Crippen LogP) is 1.61. The van der Waals surface area contributed by atoms with Crippen LogP contribution in [0.1, 0.15) is 20.8 Å². The largest absolute Gasteiger partial charge is 0.290 e. The first-order valence-corrected chi connectivity index (χ1v) is 8.37. The Balaban J connectivity index is 1.85. The molecule has 25 heavy (non-hydrogen) atoms. The van der Waals surface area contributed by atoms with E-state index in [1.807, 2.05) is 6.07 Å². The summed E-state index contributed by atoms with van der Waals surface area (Å²) in [5.74, 6) is -1.05. The molecule has 3 aromatic rings. The van der Waals surface area contributed by atoms with Gasteiger partial charge in [0, 0.05) is 21.6 Å². The lowest BCUT2D eigenvalue weighted by Gasteiger charge is -2.10. The highest BCUT2D eigenvalue weighted by Crippen LogP contribution is 2.12. The lowest BCUT2D eigenvalue weighted by atomic mass is 10.1. The average Bonchev–Trinajstić information content (AvgIpc) is 2.62. The molecule has 2 N–H and O–H groups in total. The maximum Gasteiger partial charge on any atom is 0.290 e. The van der Waals surface area contributed by atoms with Crippen molar-refractivity contribution in [3.05, 3.63) is 73.7 Å². The number of nitrogens with zero attached hydrogens (tertiary/aromatic N) is 2. The molecule has 8 heteroatoms. The number of benzene rings is 2. The fraction of sp³-hybridized carbons (Fsp3) is 0.0588. The number of nitrogens with one attached hydrogen (secondary N) is 2. The number of carbonyl (C=O) groups is 2. The molecule has 7 nitrogen and oxygen atoms in total. The molecule has 3 rings (SSSR count). The molecule has 0 bridgehead atoms. The van der Waals surface area contributed by atoms with Crippen molar-refractivity contribution in [2.75, 3.05) is 0 Å². The molecule has 2 amide bonds. The molecule has 0 fully saturated rings. The van der Waals surface area contributed by atoms with Crippen molar-refractivity contribution in [2.45, 2.75) is 0 Å². The minimum atomic E-state index is -0.606. The molecule has 1 heterocycles. The van der Waals surface area contributed by atoms with Gasteiger partial charge in [-0.3, -0.25) is 25.2 Å². The second-order valence-electron chi connectivity index (χ2n) is 5.24. The SMILES string of the molecule is Cn1nc(C(=O)NNC(=O)c2cccc(I)c2)c2ccccc2c1=O. The van der Waals surface area contributed by atoms with E-state index in [0.717, 1.165) is 8.25 Å². The van der Waals surface area contributed by atoms with Crippen molar-refractivity contribution in [1.29, 1.82) is 0 Å². The van der Waals surface area contributed by atoms with Crippen molar-refractivity contribution < 1.29 is 9.59 Å². The van der Waals surface area contributed by atoms with E-state index in [1.54, 1.807) is 42.5 Å². The quantitative estimate of drug-likeness (QED) is 0.461. The van der Waals surface area contributed by atoms with Crippen molar-refractivity contribution in [3.63, 3.8) is 0 Å². The molecular weight excluding hydrogens is 435 g/mol. The van der Waals surface area contributed by atoms with Gasteiger partial charge in [0.1, 0.15) is 0 Å². The number of carbonyl (C=O) groups excluding carboxylic acids is 2. The highest BCUT2D eigenvalue weighted by atomic mass is 127. The molecular formula is C17H13IN4O3. The van der Waals surface area contributed by atoms with E-state index >= 15 is 0 Å². The average molecular weight is 448 g/mol. The molecule has 0 aliphatic carbocycles. The number of aromatic nitrogens is 2. The van der Waals surface area contributed by atoms with E-state index in [0.29, 0.717) is 16.3 Å². The molecule has 0 aliphatic heterocycles. The molecule has 0 unspecified atom stereocenters. The molecule has 0 aliphatic rings. The van der Waals surface area contributed by atoms with Crippen LogP contribution in [-0.4, -0.2) is 21.6 Å². The number of amides is 2. The molecule has 0 atom stereocenters. The standard InChI is InChI=1S/C17H13IN4O3/c1-22-17(25)13-8-3-2-7-12(13)14(21-22)16(24)20-19-15(23)10-5-4-6-11(18)9-10/h2-9H,1H3,(H,19,23)(H,20,24). The molecule has 0 radical (unpaired) electrons. The van der Waals surface area contributed by atoms with Crippen LogP contribution in [0.25, 0.3) is 10.8 Å². The van der Waals surface area contributed by atoms with Gasteiger partial charge >= 0.3 is 0 Å². The molecule has 1 aromatic heterocycles. The van der Waals surface area contributed by atoms with Gasteiger partial charge in [-0.1, -0.05) is 24.3 Å². The number of fused-ring (bicyclic) bond motifs is 1. The summed E-state index contributed by atoms with van der Waals surface area (Å²) in [7, 11) is 1.47. The van der Waals surface area contributed by atoms with E-state index in [9.17, 15) is 14.4 Å². The van der Waals surface area contributed by atoms with Gasteiger partial charge in [0.05, 0.1) is 5.39 Å². The van der Waals surface area contributed by atoms with Crippen LogP contribution in [0.2, 0.25) is 0 Å². The lowest BCUT2D eigenvalue weighted by molar-refractivity contribution is 0.0844. The molecule has 0 saturated carbocycles. The minimum Gasteiger partial charge on any atom is -0.267 e. The number of aryl methyl sites for hydroxylation is 1. The van der Waals surface area contributed by atoms with Gasteiger partial charge in [-0.2, -0.15) is 5.10 Å². The Hall–Kier alpha value is -2.75. The van der Waals surface area contributed by atoms with Crippen molar-refractivity contribution in [1.82, 2.24) is 20.6 Å². The van der Waals surface area contributed by atoms with Gasteiger partial charge in [-0.15, -0.1) is 0 Å². The van der Waals surface area contributed by atoms with Crippen LogP contribution in [-0.2, 0) is 7.05 Å². The fourth-order valence-electron chi connectivity index (χ4n) is 2.34. The summed E-state index contributed by atoms with van der Waals surface area (Å²) in [6.07, 6.45) is 0. The number of hydrogen-bond donors (Lipinski definition) is 2. The zero-order chi connectivity index (χ0) is 18.0. The van der Waals surface area contributed by atoms with E-state index in [2.05, 4.69) is 38.5 Å². The van der Waals surface area contributed by atoms with Crippen LogP contribution < -0.4 is 16.4 Å². The Morgan fingerprint density at radius 1 is 1.00 bits per heavy atom. The summed E-state index contributed by atoms with van der Waals surface area (Å²) in [5.41, 5.74) is 4.87. The molecule has 0 spiro atoms. The first kappa shape index (κ1) is 17.1. The van der Waals surface area contributed by atoms with Crippen LogP contribution in [0.5, 0.6) is 0 Å². The highest BCUT2D eigenvalue weighted by molar-refractivity contribution is 14.1. The van der Waals surface area contributed by atoms with Crippen LogP contribution >= 0.6 is 22.6 Å². The van der Waals surface area contributed by atoms with Crippen LogP contribution in [0.3, 0.4) is 0 Å². The Morgan fingerprint density at radius 2 is 1.68 bits per heavy atom. The van der Waals surface area contributed by atoms with Gasteiger partial charge in [0.15, 0.2) is 5.69 Å². The summed E-state index contributed by atoms with van der Waals surface area (Å²) >= 11 is 2.10. The summed E-state index contributed by atoms with van der Waals surface area (Å²) in [4.78, 5) is 36.6. The van der Waals surface area contributed by atoms with E-state index in [-0.39, 0.29) is 11.3 Å². The zero-order valence-electron chi connectivity index (χ0n) is 13.1. The third kappa shape index (κ3) is 3.53. The predicted molar refractivity (Wildman–Crippen MR) is 101 cm³/mol. The number of halogens is 1. The van der Waals surface area contributed by atoms with Crippen LogP contribution in [0, 0.1) is 3.57 Å². The van der Waals surface area contributed by atoms with Gasteiger partial charge < -0.3 is 0 Å². The number of hydrazine groups is 1. The molecule has 126 valence electrons. The van der Waals surface area contributed by atoms with Crippen LogP contribution in [0.15, 0.2) is 53.3 Å². The topological polar surface area (TPSA) is 93.1 Å². The molecule has 0 saturated heterocycles. The third-order valence-electron chi connectivity index (χ3n) is 3.55.